The molecule has 90 valence electrons. The minimum Gasteiger partial charge on any atom is -0.497 e. The summed E-state index contributed by atoms with van der Waals surface area (Å²) in [5.74, 6) is 1.44. The molecule has 0 spiro atoms. The van der Waals surface area contributed by atoms with Crippen LogP contribution < -0.4 is 10.5 Å². The maximum Gasteiger partial charge on any atom is 0.176 e. The number of nitrogens with two attached hydrogens (primary N) is 1. The van der Waals surface area contributed by atoms with E-state index in [1.165, 1.54) is 4.80 Å². The number of aromatic nitrogens is 4. The predicted molar refractivity (Wildman–Crippen MR) is 62.4 cm³/mol. The third-order valence-corrected chi connectivity index (χ3v) is 2.47. The molecule has 17 heavy (non-hydrogen) atoms. The molecule has 0 aliphatic carbocycles. The van der Waals surface area contributed by atoms with Crippen molar-refractivity contribution < 1.29 is 4.74 Å². The summed E-state index contributed by atoms with van der Waals surface area (Å²) in [7, 11) is 3.36. The van der Waals surface area contributed by atoms with Gasteiger partial charge in [-0.05, 0) is 22.9 Å². The largest absolute Gasteiger partial charge is 0.497 e. The van der Waals surface area contributed by atoms with Crippen molar-refractivity contribution in [3.05, 3.63) is 35.7 Å². The topological polar surface area (TPSA) is 78.9 Å². The molecule has 0 saturated heterocycles. The zero-order valence-electron chi connectivity index (χ0n) is 9.87. The van der Waals surface area contributed by atoms with Gasteiger partial charge < -0.3 is 10.5 Å². The van der Waals surface area contributed by atoms with Crippen molar-refractivity contribution in [1.29, 1.82) is 0 Å². The molecule has 0 amide bonds. The molecule has 1 atom stereocenters. The van der Waals surface area contributed by atoms with Crippen LogP contribution in [-0.2, 0) is 13.5 Å². The Labute approximate surface area is 99.4 Å². The fourth-order valence-electron chi connectivity index (χ4n) is 1.59. The maximum absolute atomic E-state index is 6.09. The number of hydrogen-bond acceptors (Lipinski definition) is 5. The zero-order chi connectivity index (χ0) is 12.3. The molecule has 0 bridgehead atoms. The van der Waals surface area contributed by atoms with Crippen molar-refractivity contribution in [2.45, 2.75) is 12.5 Å². The van der Waals surface area contributed by atoms with Crippen molar-refractivity contribution >= 4 is 0 Å². The summed E-state index contributed by atoms with van der Waals surface area (Å²) in [5.41, 5.74) is 7.08. The van der Waals surface area contributed by atoms with Gasteiger partial charge in [-0.2, -0.15) is 4.80 Å². The van der Waals surface area contributed by atoms with Crippen LogP contribution in [0.25, 0.3) is 0 Å². The highest BCUT2D eigenvalue weighted by Gasteiger charge is 2.11. The molecular weight excluding hydrogens is 218 g/mol. The maximum atomic E-state index is 6.09. The van der Waals surface area contributed by atoms with Crippen LogP contribution in [0.4, 0.5) is 0 Å². The molecule has 0 aliphatic heterocycles. The van der Waals surface area contributed by atoms with Gasteiger partial charge in [0.25, 0.3) is 0 Å². The van der Waals surface area contributed by atoms with Gasteiger partial charge in [0.15, 0.2) is 5.82 Å². The molecule has 0 aliphatic rings. The van der Waals surface area contributed by atoms with E-state index in [0.29, 0.717) is 12.2 Å². The minimum atomic E-state index is -0.158. The first-order valence-corrected chi connectivity index (χ1v) is 5.31. The van der Waals surface area contributed by atoms with Crippen LogP contribution in [0.3, 0.4) is 0 Å². The monoisotopic (exact) mass is 233 g/mol. The number of aryl methyl sites for hydroxylation is 1. The Morgan fingerprint density at radius 2 is 2.29 bits per heavy atom. The van der Waals surface area contributed by atoms with Gasteiger partial charge >= 0.3 is 0 Å². The van der Waals surface area contributed by atoms with Gasteiger partial charge in [0.05, 0.1) is 14.2 Å². The number of tetrazole rings is 1. The summed E-state index contributed by atoms with van der Waals surface area (Å²) in [5, 5.41) is 11.8. The Kier molecular flexibility index (Phi) is 3.34. The molecule has 1 aromatic carbocycles. The molecule has 2 rings (SSSR count). The van der Waals surface area contributed by atoms with Gasteiger partial charge in [-0.15, -0.1) is 10.2 Å². The van der Waals surface area contributed by atoms with Crippen molar-refractivity contribution in [1.82, 2.24) is 20.2 Å². The van der Waals surface area contributed by atoms with Crippen LogP contribution >= 0.6 is 0 Å². The second-order valence-corrected chi connectivity index (χ2v) is 3.78. The number of ether oxygens (including phenoxy) is 1. The van der Waals surface area contributed by atoms with E-state index in [0.717, 1.165) is 11.3 Å². The average molecular weight is 233 g/mol. The SMILES string of the molecule is COc1cccc(C(N)Cc2nnn(C)n2)c1. The molecule has 1 aromatic heterocycles. The van der Waals surface area contributed by atoms with Crippen LogP contribution in [0.5, 0.6) is 5.75 Å². The normalized spacial score (nSPS) is 12.4. The Balaban J connectivity index is 2.11. The first-order valence-electron chi connectivity index (χ1n) is 5.31. The quantitative estimate of drug-likeness (QED) is 0.830. The molecule has 2 aromatic rings. The van der Waals surface area contributed by atoms with E-state index >= 15 is 0 Å². The molecule has 1 heterocycles. The summed E-state index contributed by atoms with van der Waals surface area (Å²) in [6, 6.07) is 7.52. The molecular formula is C11H15N5O. The highest BCUT2D eigenvalue weighted by molar-refractivity contribution is 5.30. The molecule has 0 fully saturated rings. The molecule has 0 radical (unpaired) electrons. The molecule has 6 heteroatoms. The molecule has 0 saturated carbocycles. The van der Waals surface area contributed by atoms with E-state index in [-0.39, 0.29) is 6.04 Å². The molecule has 6 nitrogen and oxygen atoms in total. The number of hydrogen-bond donors (Lipinski definition) is 1. The van der Waals surface area contributed by atoms with Crippen LogP contribution in [-0.4, -0.2) is 27.3 Å². The predicted octanol–water partition coefficient (Wildman–Crippen LogP) is 0.461. The first kappa shape index (κ1) is 11.5. The van der Waals surface area contributed by atoms with Gasteiger partial charge in [0, 0.05) is 12.5 Å². The van der Waals surface area contributed by atoms with Gasteiger partial charge in [0.1, 0.15) is 5.75 Å². The van der Waals surface area contributed by atoms with Crippen LogP contribution in [0, 0.1) is 0 Å². The standard InChI is InChI=1S/C11H15N5O/c1-16-14-11(13-15-16)7-10(12)8-4-3-5-9(6-8)17-2/h3-6,10H,7,12H2,1-2H3. The number of rotatable bonds is 4. The smallest absolute Gasteiger partial charge is 0.176 e. The molecule has 2 N–H and O–H groups in total. The Morgan fingerprint density at radius 3 is 2.94 bits per heavy atom. The van der Waals surface area contributed by atoms with Gasteiger partial charge in [-0.25, -0.2) is 0 Å². The summed E-state index contributed by atoms with van der Waals surface area (Å²) in [6.45, 7) is 0. The number of nitrogens with zero attached hydrogens (tertiary/aromatic N) is 4. The lowest BCUT2D eigenvalue weighted by Crippen LogP contribution is -2.14. The molecule has 1 unspecified atom stereocenters. The van der Waals surface area contributed by atoms with Crippen LogP contribution in [0.15, 0.2) is 24.3 Å². The Hall–Kier alpha value is -1.95. The first-order chi connectivity index (χ1) is 8.19. The van der Waals surface area contributed by atoms with Crippen LogP contribution in [0.2, 0.25) is 0 Å². The Bertz CT molecular complexity index is 496. The highest BCUT2D eigenvalue weighted by Crippen LogP contribution is 2.19. The third kappa shape index (κ3) is 2.79. The van der Waals surface area contributed by atoms with Crippen molar-refractivity contribution in [2.75, 3.05) is 7.11 Å². The second kappa shape index (κ2) is 4.92. The van der Waals surface area contributed by atoms with Crippen molar-refractivity contribution in [2.24, 2.45) is 12.8 Å². The summed E-state index contributed by atoms with van der Waals surface area (Å²) < 4.78 is 5.16. The summed E-state index contributed by atoms with van der Waals surface area (Å²) in [4.78, 5) is 1.42. The van der Waals surface area contributed by atoms with E-state index in [4.69, 9.17) is 10.5 Å². The van der Waals surface area contributed by atoms with Crippen molar-refractivity contribution in [3.8, 4) is 5.75 Å². The fourth-order valence-corrected chi connectivity index (χ4v) is 1.59. The highest BCUT2D eigenvalue weighted by atomic mass is 16.5. The van der Waals surface area contributed by atoms with Gasteiger partial charge in [-0.1, -0.05) is 12.1 Å². The lowest BCUT2D eigenvalue weighted by Gasteiger charge is -2.10. The number of methoxy groups -OCH3 is 1. The minimum absolute atomic E-state index is 0.158. The van der Waals surface area contributed by atoms with E-state index in [1.807, 2.05) is 24.3 Å². The van der Waals surface area contributed by atoms with Crippen LogP contribution in [0.1, 0.15) is 17.4 Å². The van der Waals surface area contributed by atoms with E-state index in [2.05, 4.69) is 15.4 Å². The van der Waals surface area contributed by atoms with E-state index in [1.54, 1.807) is 14.2 Å². The van der Waals surface area contributed by atoms with E-state index < -0.39 is 0 Å². The second-order valence-electron chi connectivity index (χ2n) is 3.78. The fraction of sp³-hybridized carbons (Fsp3) is 0.364. The number of benzene rings is 1. The summed E-state index contributed by atoms with van der Waals surface area (Å²) >= 11 is 0. The average Bonchev–Trinajstić information content (AvgIpc) is 2.75. The Morgan fingerprint density at radius 1 is 1.47 bits per heavy atom. The lowest BCUT2D eigenvalue weighted by atomic mass is 10.0. The van der Waals surface area contributed by atoms with Crippen molar-refractivity contribution in [3.63, 3.8) is 0 Å². The zero-order valence-corrected chi connectivity index (χ0v) is 9.87. The summed E-state index contributed by atoms with van der Waals surface area (Å²) in [6.07, 6.45) is 0.557. The van der Waals surface area contributed by atoms with Gasteiger partial charge in [0.2, 0.25) is 0 Å². The van der Waals surface area contributed by atoms with E-state index in [9.17, 15) is 0 Å². The lowest BCUT2D eigenvalue weighted by molar-refractivity contribution is 0.413. The van der Waals surface area contributed by atoms with Gasteiger partial charge in [-0.3, -0.25) is 0 Å². The third-order valence-electron chi connectivity index (χ3n) is 2.47.